The largest absolute Gasteiger partial charge is 0.460 e. The van der Waals surface area contributed by atoms with Gasteiger partial charge >= 0.3 is 5.97 Å². The minimum atomic E-state index is -1.05. The predicted molar refractivity (Wildman–Crippen MR) is 227 cm³/mol. The van der Waals surface area contributed by atoms with Gasteiger partial charge in [0, 0.05) is 37.7 Å². The average Bonchev–Trinajstić information content (AvgIpc) is 3.77. The molecule has 2 aromatic carbocycles. The molecular weight excluding hydrogens is 723 g/mol. The molecule has 310 valence electrons. The summed E-state index contributed by atoms with van der Waals surface area (Å²) in [5, 5.41) is 0.100. The molecule has 1 amide bonds. The number of esters is 1. The van der Waals surface area contributed by atoms with E-state index >= 15 is 4.79 Å². The van der Waals surface area contributed by atoms with Gasteiger partial charge < -0.3 is 23.7 Å². The first-order chi connectivity index (χ1) is 26.9. The van der Waals surface area contributed by atoms with E-state index in [1.54, 1.807) is 12.0 Å². The van der Waals surface area contributed by atoms with Gasteiger partial charge in [0.15, 0.2) is 11.4 Å². The van der Waals surface area contributed by atoms with Gasteiger partial charge in [0.05, 0.1) is 31.1 Å². The van der Waals surface area contributed by atoms with Crippen molar-refractivity contribution >= 4 is 29.3 Å². The number of benzene rings is 2. The van der Waals surface area contributed by atoms with E-state index in [9.17, 15) is 4.79 Å². The van der Waals surface area contributed by atoms with Crippen LogP contribution in [0.1, 0.15) is 136 Å². The fourth-order valence-electron chi connectivity index (χ4n) is 8.31. The topological polar surface area (TPSA) is 83.5 Å². The molecule has 2 aromatic rings. The number of hydrogen-bond donors (Lipinski definition) is 0. The van der Waals surface area contributed by atoms with Crippen LogP contribution in [0.4, 0.5) is 0 Å². The molecule has 9 heteroatoms. The maximum absolute atomic E-state index is 15.2. The summed E-state index contributed by atoms with van der Waals surface area (Å²) in [4.78, 5) is 30.8. The molecule has 0 aliphatic carbocycles. The molecule has 0 aromatic heterocycles. The van der Waals surface area contributed by atoms with Crippen molar-refractivity contribution < 1.29 is 33.3 Å². The highest BCUT2D eigenvalue weighted by molar-refractivity contribution is 7.80. The molecule has 2 heterocycles. The monoisotopic (exact) mass is 791 g/mol. The van der Waals surface area contributed by atoms with Crippen LogP contribution in [0.2, 0.25) is 0 Å². The molecule has 2 fully saturated rings. The molecule has 56 heavy (non-hydrogen) atoms. The van der Waals surface area contributed by atoms with Crippen molar-refractivity contribution in [2.24, 2.45) is 17.8 Å². The Morgan fingerprint density at radius 1 is 0.875 bits per heavy atom. The summed E-state index contributed by atoms with van der Waals surface area (Å²) in [5.41, 5.74) is 0.0290. The third-order valence-corrected chi connectivity index (χ3v) is 11.3. The molecule has 8 nitrogen and oxygen atoms in total. The predicted octanol–water partition coefficient (Wildman–Crippen LogP) is 10.7. The first kappa shape index (κ1) is 45.6. The molecule has 0 N–H and O–H groups in total. The lowest BCUT2D eigenvalue weighted by atomic mass is 9.75. The summed E-state index contributed by atoms with van der Waals surface area (Å²) >= 11 is 5.99. The van der Waals surface area contributed by atoms with E-state index in [4.69, 9.17) is 35.9 Å². The molecule has 0 unspecified atom stereocenters. The zero-order valence-electron chi connectivity index (χ0n) is 35.3. The van der Waals surface area contributed by atoms with Crippen LogP contribution in [0.5, 0.6) is 0 Å². The van der Waals surface area contributed by atoms with Crippen LogP contribution < -0.4 is 0 Å². The van der Waals surface area contributed by atoms with Crippen LogP contribution in [0.3, 0.4) is 0 Å². The van der Waals surface area contributed by atoms with Gasteiger partial charge in [0.25, 0.3) is 5.17 Å². The van der Waals surface area contributed by atoms with E-state index in [0.29, 0.717) is 26.2 Å². The van der Waals surface area contributed by atoms with Crippen molar-refractivity contribution in [3.63, 3.8) is 0 Å². The van der Waals surface area contributed by atoms with Gasteiger partial charge in [-0.15, -0.1) is 0 Å². The number of unbranched alkanes of at least 4 members (excludes halogenated alkanes) is 8. The standard InChI is InChI=1S/C47H69NO7S/c1-8-9-10-14-23-31-46(52-34-35-53-46)32-24-15-12-11-13-22-29-39(40(30-33-51-7)43(50)54-45(4,5)6)42(49)48-41(36(2)3)47(55-44(48)56,37-25-18-16-19-26-37)38-27-20-17-21-28-38/h16-22,25-29,36,39-41H,8-15,23-24,30-35H2,1-7H3/b29-22+/t39-,40+,41-/m0/s1. The highest BCUT2D eigenvalue weighted by atomic mass is 32.1. The van der Waals surface area contributed by atoms with Crippen molar-refractivity contribution in [1.82, 2.24) is 4.90 Å². The van der Waals surface area contributed by atoms with Gasteiger partial charge in [0.1, 0.15) is 5.60 Å². The first-order valence-corrected chi connectivity index (χ1v) is 21.6. The zero-order valence-corrected chi connectivity index (χ0v) is 36.1. The number of rotatable bonds is 23. The van der Waals surface area contributed by atoms with Gasteiger partial charge in [-0.1, -0.05) is 132 Å². The van der Waals surface area contributed by atoms with E-state index in [0.717, 1.165) is 62.5 Å². The summed E-state index contributed by atoms with van der Waals surface area (Å²) in [7, 11) is 1.60. The molecule has 2 saturated heterocycles. The minimum Gasteiger partial charge on any atom is -0.460 e. The Morgan fingerprint density at radius 3 is 1.95 bits per heavy atom. The average molecular weight is 792 g/mol. The Hall–Kier alpha value is -3.11. The van der Waals surface area contributed by atoms with E-state index in [1.165, 1.54) is 25.7 Å². The van der Waals surface area contributed by atoms with Crippen LogP contribution in [-0.4, -0.2) is 66.3 Å². The number of allylic oxidation sites excluding steroid dienone is 1. The SMILES string of the molecule is CCCCCCCC1(CCCCCC/C=C/[C@H](C(=O)N2C(=S)OC(c3ccccc3)(c3ccccc3)[C@@H]2C(C)C)[C@@H](CCOC)C(=O)OC(C)(C)C)OCCO1. The molecule has 3 atom stereocenters. The van der Waals surface area contributed by atoms with Gasteiger partial charge in [-0.3, -0.25) is 14.5 Å². The number of carbonyl (C=O) groups is 2. The van der Waals surface area contributed by atoms with Crippen molar-refractivity contribution in [1.29, 1.82) is 0 Å². The van der Waals surface area contributed by atoms with Crippen molar-refractivity contribution in [3.05, 3.63) is 83.9 Å². The molecule has 0 radical (unpaired) electrons. The fourth-order valence-corrected chi connectivity index (χ4v) is 8.65. The van der Waals surface area contributed by atoms with Gasteiger partial charge in [-0.25, -0.2) is 0 Å². The lowest BCUT2D eigenvalue weighted by Crippen LogP contribution is -2.52. The fraction of sp³-hybridized carbons (Fsp3) is 0.638. The van der Waals surface area contributed by atoms with Gasteiger partial charge in [-0.2, -0.15) is 0 Å². The molecule has 0 bridgehead atoms. The molecule has 2 aliphatic heterocycles. The normalized spacial score (nSPS) is 19.0. The molecular formula is C47H69NO7S. The number of nitrogens with zero attached hydrogens (tertiary/aromatic N) is 1. The van der Waals surface area contributed by atoms with E-state index in [1.807, 2.05) is 87.5 Å². The van der Waals surface area contributed by atoms with Crippen LogP contribution in [0.15, 0.2) is 72.8 Å². The summed E-state index contributed by atoms with van der Waals surface area (Å²) in [6.07, 6.45) is 17.3. The highest BCUT2D eigenvalue weighted by Gasteiger charge is 2.58. The van der Waals surface area contributed by atoms with Crippen LogP contribution in [0, 0.1) is 17.8 Å². The number of methoxy groups -OCH3 is 1. The second kappa shape index (κ2) is 22.2. The van der Waals surface area contributed by atoms with Gasteiger partial charge in [-0.05, 0) is 71.0 Å². The summed E-state index contributed by atoms with van der Waals surface area (Å²) in [6.45, 7) is 13.6. The van der Waals surface area contributed by atoms with Crippen LogP contribution in [-0.2, 0) is 38.9 Å². The van der Waals surface area contributed by atoms with Crippen LogP contribution in [0.25, 0.3) is 0 Å². The molecule has 0 spiro atoms. The number of thiocarbonyl (C=S) groups is 1. The summed E-state index contributed by atoms with van der Waals surface area (Å²) in [6, 6.07) is 19.5. The highest BCUT2D eigenvalue weighted by Crippen LogP contribution is 2.48. The van der Waals surface area contributed by atoms with E-state index < -0.39 is 40.8 Å². The number of carbonyl (C=O) groups excluding carboxylic acids is 2. The third-order valence-electron chi connectivity index (χ3n) is 11.0. The first-order valence-electron chi connectivity index (χ1n) is 21.2. The number of amides is 1. The van der Waals surface area contributed by atoms with E-state index in [-0.39, 0.29) is 17.0 Å². The minimum absolute atomic E-state index is 0.0661. The molecule has 2 aliphatic rings. The Balaban J connectivity index is 1.55. The van der Waals surface area contributed by atoms with Crippen molar-refractivity contribution in [2.75, 3.05) is 26.9 Å². The Morgan fingerprint density at radius 2 is 1.43 bits per heavy atom. The zero-order chi connectivity index (χ0) is 40.6. The third kappa shape index (κ3) is 12.2. The Kier molecular flexibility index (Phi) is 18.0. The number of ether oxygens (including phenoxy) is 5. The van der Waals surface area contributed by atoms with Crippen molar-refractivity contribution in [3.8, 4) is 0 Å². The lowest BCUT2D eigenvalue weighted by Gasteiger charge is -2.39. The second-order valence-electron chi connectivity index (χ2n) is 16.8. The summed E-state index contributed by atoms with van der Waals surface area (Å²) < 4.78 is 30.5. The number of hydrogen-bond acceptors (Lipinski definition) is 8. The summed E-state index contributed by atoms with van der Waals surface area (Å²) in [5.74, 6) is -2.82. The quantitative estimate of drug-likeness (QED) is 0.0476. The smallest absolute Gasteiger partial charge is 0.310 e. The second-order valence-corrected chi connectivity index (χ2v) is 17.2. The maximum atomic E-state index is 15.2. The van der Waals surface area contributed by atoms with Gasteiger partial charge in [0.2, 0.25) is 5.91 Å². The molecule has 4 rings (SSSR count). The van der Waals surface area contributed by atoms with Crippen LogP contribution >= 0.6 is 12.2 Å². The van der Waals surface area contributed by atoms with Crippen molar-refractivity contribution in [2.45, 2.75) is 148 Å². The molecule has 0 saturated carbocycles. The Bertz CT molecular complexity index is 1480. The lowest BCUT2D eigenvalue weighted by molar-refractivity contribution is -0.168. The van der Waals surface area contributed by atoms with E-state index in [2.05, 4.69) is 26.8 Å². The Labute approximate surface area is 343 Å². The maximum Gasteiger partial charge on any atom is 0.310 e.